The normalized spacial score (nSPS) is 12.3. The van der Waals surface area contributed by atoms with Crippen LogP contribution in [0, 0.1) is 17.6 Å². The molecule has 0 aliphatic rings. The molecule has 0 amide bonds. The molecule has 0 fully saturated rings. The Labute approximate surface area is 93.6 Å². The van der Waals surface area contributed by atoms with Crippen LogP contribution in [0.1, 0.15) is 19.4 Å². The molecule has 0 saturated carbocycles. The molecule has 0 aliphatic carbocycles. The molecule has 82 valence electrons. The van der Waals surface area contributed by atoms with Crippen LogP contribution in [-0.2, 0) is 0 Å². The Kier molecular flexibility index (Phi) is 4.28. The summed E-state index contributed by atoms with van der Waals surface area (Å²) < 4.78 is 25.6. The van der Waals surface area contributed by atoms with Crippen molar-refractivity contribution in [1.29, 1.82) is 0 Å². The van der Waals surface area contributed by atoms with Crippen molar-refractivity contribution in [3.05, 3.63) is 41.0 Å². The summed E-state index contributed by atoms with van der Waals surface area (Å²) in [5.41, 5.74) is 1.64. The van der Waals surface area contributed by atoms with Crippen LogP contribution in [0.2, 0.25) is 0 Å². The van der Waals surface area contributed by atoms with Gasteiger partial charge in [-0.1, -0.05) is 31.6 Å². The summed E-state index contributed by atoms with van der Waals surface area (Å²) in [5, 5.41) is 0. The molecule has 0 saturated heterocycles. The average molecular weight is 231 g/mol. The Morgan fingerprint density at radius 1 is 1.33 bits per heavy atom. The van der Waals surface area contributed by atoms with Crippen molar-refractivity contribution >= 4 is 17.7 Å². The van der Waals surface area contributed by atoms with Gasteiger partial charge in [-0.2, -0.15) is 0 Å². The van der Waals surface area contributed by atoms with Gasteiger partial charge in [0.05, 0.1) is 0 Å². The highest BCUT2D eigenvalue weighted by molar-refractivity contribution is 6.19. The van der Waals surface area contributed by atoms with E-state index in [0.29, 0.717) is 17.4 Å². The lowest BCUT2D eigenvalue weighted by molar-refractivity contribution is 0.508. The average Bonchev–Trinajstić information content (AvgIpc) is 2.19. The Balaban J connectivity index is 3.01. The van der Waals surface area contributed by atoms with Crippen LogP contribution < -0.4 is 0 Å². The molecule has 0 nitrogen and oxygen atoms in total. The first-order chi connectivity index (χ1) is 7.04. The van der Waals surface area contributed by atoms with Gasteiger partial charge in [0.25, 0.3) is 0 Å². The summed E-state index contributed by atoms with van der Waals surface area (Å²) in [6.07, 6.45) is 1.79. The predicted octanol–water partition coefficient (Wildman–Crippen LogP) is 4.24. The highest BCUT2D eigenvalue weighted by Crippen LogP contribution is 2.17. The van der Waals surface area contributed by atoms with Crippen LogP contribution in [0.4, 0.5) is 8.78 Å². The summed E-state index contributed by atoms with van der Waals surface area (Å²) in [4.78, 5) is 0. The minimum atomic E-state index is -0.832. The molecule has 0 atom stereocenters. The summed E-state index contributed by atoms with van der Waals surface area (Å²) in [5.74, 6) is -0.961. The molecular weight excluding hydrogens is 218 g/mol. The minimum absolute atomic E-state index is 0.301. The van der Waals surface area contributed by atoms with Crippen molar-refractivity contribution in [2.24, 2.45) is 5.92 Å². The summed E-state index contributed by atoms with van der Waals surface area (Å²) in [6, 6.07) is 3.82. The smallest absolute Gasteiger partial charge is 0.159 e. The third kappa shape index (κ3) is 3.31. The lowest BCUT2D eigenvalue weighted by Crippen LogP contribution is -1.95. The van der Waals surface area contributed by atoms with Gasteiger partial charge in [0.1, 0.15) is 0 Å². The number of rotatable bonds is 3. The largest absolute Gasteiger partial charge is 0.204 e. The second kappa shape index (κ2) is 5.26. The molecule has 0 bridgehead atoms. The highest BCUT2D eigenvalue weighted by Gasteiger charge is 2.04. The molecule has 0 radical (unpaired) electrons. The van der Waals surface area contributed by atoms with Gasteiger partial charge >= 0.3 is 0 Å². The third-order valence-corrected chi connectivity index (χ3v) is 2.50. The zero-order chi connectivity index (χ0) is 11.4. The number of halogens is 3. The molecule has 3 heteroatoms. The Morgan fingerprint density at radius 3 is 2.47 bits per heavy atom. The fourth-order valence-corrected chi connectivity index (χ4v) is 1.56. The van der Waals surface area contributed by atoms with Gasteiger partial charge in [0.2, 0.25) is 0 Å². The molecule has 0 aromatic heterocycles. The quantitative estimate of drug-likeness (QED) is 0.682. The van der Waals surface area contributed by atoms with E-state index in [1.54, 1.807) is 6.08 Å². The van der Waals surface area contributed by atoms with Crippen molar-refractivity contribution in [3.63, 3.8) is 0 Å². The molecule has 0 heterocycles. The zero-order valence-corrected chi connectivity index (χ0v) is 9.48. The van der Waals surface area contributed by atoms with Crippen LogP contribution in [0.3, 0.4) is 0 Å². The Bertz CT molecular complexity index is 370. The number of hydrogen-bond acceptors (Lipinski definition) is 0. The number of benzene rings is 1. The first kappa shape index (κ1) is 12.2. The highest BCUT2D eigenvalue weighted by atomic mass is 35.5. The van der Waals surface area contributed by atoms with E-state index >= 15 is 0 Å². The van der Waals surface area contributed by atoms with E-state index in [-0.39, 0.29) is 0 Å². The van der Waals surface area contributed by atoms with Crippen LogP contribution in [-0.4, -0.2) is 5.88 Å². The molecule has 1 rings (SSSR count). The first-order valence-corrected chi connectivity index (χ1v) is 5.29. The summed E-state index contributed by atoms with van der Waals surface area (Å²) in [6.45, 7) is 4.02. The number of alkyl halides is 1. The van der Waals surface area contributed by atoms with E-state index in [1.165, 1.54) is 12.1 Å². The molecule has 0 spiro atoms. The predicted molar refractivity (Wildman–Crippen MR) is 59.9 cm³/mol. The summed E-state index contributed by atoms with van der Waals surface area (Å²) in [7, 11) is 0. The first-order valence-electron chi connectivity index (χ1n) is 4.76. The van der Waals surface area contributed by atoms with E-state index in [1.807, 2.05) is 13.8 Å². The van der Waals surface area contributed by atoms with E-state index in [0.717, 1.165) is 11.6 Å². The van der Waals surface area contributed by atoms with Crippen molar-refractivity contribution < 1.29 is 8.78 Å². The van der Waals surface area contributed by atoms with E-state index in [9.17, 15) is 8.78 Å². The van der Waals surface area contributed by atoms with Crippen LogP contribution in [0.5, 0.6) is 0 Å². The monoisotopic (exact) mass is 230 g/mol. The van der Waals surface area contributed by atoms with Crippen molar-refractivity contribution in [2.75, 3.05) is 5.88 Å². The van der Waals surface area contributed by atoms with Crippen molar-refractivity contribution in [3.8, 4) is 0 Å². The van der Waals surface area contributed by atoms with Gasteiger partial charge in [0.15, 0.2) is 11.6 Å². The maximum Gasteiger partial charge on any atom is 0.159 e. The maximum atomic E-state index is 12.9. The van der Waals surface area contributed by atoms with Crippen molar-refractivity contribution in [2.45, 2.75) is 13.8 Å². The van der Waals surface area contributed by atoms with Gasteiger partial charge in [-0.15, -0.1) is 11.6 Å². The second-order valence-corrected chi connectivity index (χ2v) is 3.95. The fourth-order valence-electron chi connectivity index (χ4n) is 1.18. The molecule has 1 aromatic rings. The Hall–Kier alpha value is -0.890. The standard InChI is InChI=1S/C12H13ClF2/c1-8(2)10(7-13)5-9-3-4-11(14)12(15)6-9/h3-6,8H,7H2,1-2H3. The molecular formula is C12H13ClF2. The van der Waals surface area contributed by atoms with E-state index in [4.69, 9.17) is 11.6 Å². The lowest BCUT2D eigenvalue weighted by atomic mass is 10.0. The third-order valence-electron chi connectivity index (χ3n) is 2.19. The topological polar surface area (TPSA) is 0 Å². The zero-order valence-electron chi connectivity index (χ0n) is 8.73. The molecule has 0 N–H and O–H groups in total. The molecule has 15 heavy (non-hydrogen) atoms. The SMILES string of the molecule is CC(C)C(=Cc1ccc(F)c(F)c1)CCl. The van der Waals surface area contributed by atoms with Crippen LogP contribution >= 0.6 is 11.6 Å². The molecule has 0 aliphatic heterocycles. The van der Waals surface area contributed by atoms with E-state index < -0.39 is 11.6 Å². The second-order valence-electron chi connectivity index (χ2n) is 3.68. The number of hydrogen-bond donors (Lipinski definition) is 0. The maximum absolute atomic E-state index is 12.9. The van der Waals surface area contributed by atoms with Crippen LogP contribution in [0.15, 0.2) is 23.8 Å². The van der Waals surface area contributed by atoms with Crippen LogP contribution in [0.25, 0.3) is 6.08 Å². The minimum Gasteiger partial charge on any atom is -0.204 e. The van der Waals surface area contributed by atoms with E-state index in [2.05, 4.69) is 0 Å². The fraction of sp³-hybridized carbons (Fsp3) is 0.333. The van der Waals surface area contributed by atoms with Gasteiger partial charge in [-0.25, -0.2) is 8.78 Å². The van der Waals surface area contributed by atoms with Gasteiger partial charge < -0.3 is 0 Å². The molecule has 1 aromatic carbocycles. The lowest BCUT2D eigenvalue weighted by Gasteiger charge is -2.07. The molecule has 0 unspecified atom stereocenters. The van der Waals surface area contributed by atoms with Gasteiger partial charge in [0, 0.05) is 5.88 Å². The number of allylic oxidation sites excluding steroid dienone is 1. The summed E-state index contributed by atoms with van der Waals surface area (Å²) >= 11 is 5.75. The van der Waals surface area contributed by atoms with Gasteiger partial charge in [-0.05, 0) is 23.6 Å². The van der Waals surface area contributed by atoms with Gasteiger partial charge in [-0.3, -0.25) is 0 Å². The van der Waals surface area contributed by atoms with Crippen molar-refractivity contribution in [1.82, 2.24) is 0 Å². The Morgan fingerprint density at radius 2 is 2.00 bits per heavy atom.